The van der Waals surface area contributed by atoms with Crippen molar-refractivity contribution in [2.75, 3.05) is 0 Å². The fourth-order valence-electron chi connectivity index (χ4n) is 3.67. The first-order valence-electron chi connectivity index (χ1n) is 10.0. The van der Waals surface area contributed by atoms with Crippen LogP contribution in [-0.4, -0.2) is 23.9 Å². The maximum atomic E-state index is 12.9. The number of nitrogens with two attached hydrogens (primary N) is 1. The van der Waals surface area contributed by atoms with Gasteiger partial charge < -0.3 is 16.0 Å². The molecule has 0 aliphatic carbocycles. The molecule has 1 aliphatic heterocycles. The van der Waals surface area contributed by atoms with Crippen molar-refractivity contribution >= 4 is 11.8 Å². The second kappa shape index (κ2) is 9.02. The Balaban J connectivity index is 1.62. The molecular formula is C23H30N3O2+. The number of rotatable bonds is 6. The van der Waals surface area contributed by atoms with E-state index in [1.54, 1.807) is 0 Å². The molecule has 28 heavy (non-hydrogen) atoms. The van der Waals surface area contributed by atoms with Crippen LogP contribution < -0.4 is 16.0 Å². The number of hydrogen-bond donors (Lipinski definition) is 3. The molecule has 1 heterocycles. The fraction of sp³-hybridized carbons (Fsp3) is 0.391. The van der Waals surface area contributed by atoms with E-state index in [0.29, 0.717) is 6.42 Å². The van der Waals surface area contributed by atoms with Gasteiger partial charge in [-0.25, -0.2) is 0 Å². The average Bonchev–Trinajstić information content (AvgIpc) is 2.71. The van der Waals surface area contributed by atoms with Crippen LogP contribution in [0, 0.1) is 5.92 Å². The maximum absolute atomic E-state index is 12.9. The number of benzene rings is 2. The van der Waals surface area contributed by atoms with Gasteiger partial charge in [0, 0.05) is 12.0 Å². The lowest BCUT2D eigenvalue weighted by molar-refractivity contribution is -0.695. The Morgan fingerprint density at radius 1 is 0.929 bits per heavy atom. The summed E-state index contributed by atoms with van der Waals surface area (Å²) in [6.07, 6.45) is 0.689. The molecule has 0 saturated heterocycles. The van der Waals surface area contributed by atoms with Crippen LogP contribution in [0.5, 0.6) is 0 Å². The molecule has 4 N–H and O–H groups in total. The van der Waals surface area contributed by atoms with E-state index in [1.165, 1.54) is 11.1 Å². The van der Waals surface area contributed by atoms with Gasteiger partial charge in [-0.05, 0) is 24.0 Å². The van der Waals surface area contributed by atoms with Crippen molar-refractivity contribution in [2.45, 2.75) is 51.9 Å². The van der Waals surface area contributed by atoms with E-state index >= 15 is 0 Å². The molecule has 0 aromatic heterocycles. The first-order valence-corrected chi connectivity index (χ1v) is 10.0. The van der Waals surface area contributed by atoms with E-state index in [4.69, 9.17) is 0 Å². The van der Waals surface area contributed by atoms with Gasteiger partial charge in [-0.3, -0.25) is 9.59 Å². The number of hydrogen-bond acceptors (Lipinski definition) is 2. The molecule has 2 aromatic rings. The molecular weight excluding hydrogens is 350 g/mol. The fourth-order valence-corrected chi connectivity index (χ4v) is 3.67. The minimum atomic E-state index is -0.552. The van der Waals surface area contributed by atoms with E-state index in [1.807, 2.05) is 63.2 Å². The van der Waals surface area contributed by atoms with Crippen LogP contribution in [0.25, 0.3) is 0 Å². The number of carbonyl (C=O) groups is 2. The molecule has 0 bridgehead atoms. The lowest BCUT2D eigenvalue weighted by atomic mass is 9.94. The highest BCUT2D eigenvalue weighted by Crippen LogP contribution is 2.14. The molecule has 0 saturated carbocycles. The molecule has 0 unspecified atom stereocenters. The van der Waals surface area contributed by atoms with Gasteiger partial charge in [0.2, 0.25) is 5.91 Å². The molecule has 0 radical (unpaired) electrons. The summed E-state index contributed by atoms with van der Waals surface area (Å²) in [4.78, 5) is 25.7. The minimum absolute atomic E-state index is 0.00259. The van der Waals surface area contributed by atoms with Crippen molar-refractivity contribution in [2.24, 2.45) is 5.92 Å². The molecule has 5 nitrogen and oxygen atoms in total. The zero-order valence-corrected chi connectivity index (χ0v) is 16.8. The summed E-state index contributed by atoms with van der Waals surface area (Å²) < 4.78 is 0. The predicted molar refractivity (Wildman–Crippen MR) is 109 cm³/mol. The number of amides is 2. The topological polar surface area (TPSA) is 74.8 Å². The van der Waals surface area contributed by atoms with Gasteiger partial charge in [-0.1, -0.05) is 68.4 Å². The molecule has 3 rings (SSSR count). The average molecular weight is 381 g/mol. The normalized spacial score (nSPS) is 18.1. The molecule has 1 aliphatic rings. The molecule has 0 fully saturated rings. The smallest absolute Gasteiger partial charge is 0.279 e. The molecule has 5 heteroatoms. The van der Waals surface area contributed by atoms with Crippen LogP contribution in [0.2, 0.25) is 0 Å². The van der Waals surface area contributed by atoms with Crippen molar-refractivity contribution < 1.29 is 14.9 Å². The highest BCUT2D eigenvalue weighted by molar-refractivity contribution is 5.89. The SMILES string of the molecule is CC(C)[C@H](NC(=O)[C@@H]1Cc2ccccc2C[NH2+]1)C(=O)N[C@H](C)c1ccccc1. The van der Waals surface area contributed by atoms with Gasteiger partial charge in [0.05, 0.1) is 6.04 Å². The number of nitrogens with one attached hydrogen (secondary N) is 2. The van der Waals surface area contributed by atoms with Gasteiger partial charge in [-0.2, -0.15) is 0 Å². The van der Waals surface area contributed by atoms with Crippen molar-refractivity contribution in [1.29, 1.82) is 0 Å². The summed E-state index contributed by atoms with van der Waals surface area (Å²) in [6, 6.07) is 17.2. The van der Waals surface area contributed by atoms with Crippen LogP contribution in [-0.2, 0) is 22.6 Å². The first kappa shape index (κ1) is 20.1. The highest BCUT2D eigenvalue weighted by Gasteiger charge is 2.32. The summed E-state index contributed by atoms with van der Waals surface area (Å²) >= 11 is 0. The Morgan fingerprint density at radius 2 is 1.57 bits per heavy atom. The first-order chi connectivity index (χ1) is 13.5. The Labute approximate surface area is 166 Å². The van der Waals surface area contributed by atoms with E-state index in [9.17, 15) is 9.59 Å². The van der Waals surface area contributed by atoms with Crippen LogP contribution in [0.4, 0.5) is 0 Å². The van der Waals surface area contributed by atoms with Crippen molar-refractivity contribution in [3.8, 4) is 0 Å². The van der Waals surface area contributed by atoms with Gasteiger partial charge in [0.1, 0.15) is 12.6 Å². The predicted octanol–water partition coefficient (Wildman–Crippen LogP) is 1.69. The zero-order valence-electron chi connectivity index (χ0n) is 16.8. The summed E-state index contributed by atoms with van der Waals surface area (Å²) in [5.41, 5.74) is 3.54. The van der Waals surface area contributed by atoms with Gasteiger partial charge in [0.25, 0.3) is 5.91 Å². The summed E-state index contributed by atoms with van der Waals surface area (Å²) in [6.45, 7) is 6.66. The third-order valence-electron chi connectivity index (χ3n) is 5.42. The van der Waals surface area contributed by atoms with E-state index in [2.05, 4.69) is 28.1 Å². The third-order valence-corrected chi connectivity index (χ3v) is 5.42. The number of quaternary nitrogens is 1. The van der Waals surface area contributed by atoms with Crippen molar-refractivity contribution in [1.82, 2.24) is 10.6 Å². The van der Waals surface area contributed by atoms with E-state index < -0.39 is 6.04 Å². The van der Waals surface area contributed by atoms with Crippen LogP contribution in [0.1, 0.15) is 43.5 Å². The van der Waals surface area contributed by atoms with Crippen LogP contribution in [0.15, 0.2) is 54.6 Å². The molecule has 2 aromatic carbocycles. The number of carbonyl (C=O) groups excluding carboxylic acids is 2. The maximum Gasteiger partial charge on any atom is 0.279 e. The summed E-state index contributed by atoms with van der Waals surface area (Å²) in [5, 5.41) is 8.08. The largest absolute Gasteiger partial charge is 0.348 e. The molecule has 0 spiro atoms. The molecule has 3 atom stereocenters. The number of fused-ring (bicyclic) bond motifs is 1. The van der Waals surface area contributed by atoms with E-state index in [-0.39, 0.29) is 29.8 Å². The lowest BCUT2D eigenvalue weighted by Gasteiger charge is -2.27. The van der Waals surface area contributed by atoms with Crippen molar-refractivity contribution in [3.05, 3.63) is 71.3 Å². The van der Waals surface area contributed by atoms with Crippen molar-refractivity contribution in [3.63, 3.8) is 0 Å². The zero-order chi connectivity index (χ0) is 20.1. The highest BCUT2D eigenvalue weighted by atomic mass is 16.2. The Morgan fingerprint density at radius 3 is 2.25 bits per heavy atom. The minimum Gasteiger partial charge on any atom is -0.348 e. The second-order valence-electron chi connectivity index (χ2n) is 7.89. The monoisotopic (exact) mass is 380 g/mol. The van der Waals surface area contributed by atoms with Crippen LogP contribution in [0.3, 0.4) is 0 Å². The standard InChI is InChI=1S/C23H29N3O2/c1-15(2)21(23(28)25-16(3)17-9-5-4-6-10-17)26-22(27)20-13-18-11-7-8-12-19(18)14-24-20/h4-12,15-16,20-21,24H,13-14H2,1-3H3,(H,25,28)(H,26,27)/p+1/t16-,20+,21+/m1/s1. The molecule has 2 amide bonds. The second-order valence-corrected chi connectivity index (χ2v) is 7.89. The Bertz CT molecular complexity index is 820. The summed E-state index contributed by atoms with van der Waals surface area (Å²) in [5.74, 6) is -0.213. The Kier molecular flexibility index (Phi) is 6.47. The molecule has 148 valence electrons. The van der Waals surface area contributed by atoms with E-state index in [0.717, 1.165) is 12.1 Å². The van der Waals surface area contributed by atoms with Gasteiger partial charge in [0.15, 0.2) is 6.04 Å². The van der Waals surface area contributed by atoms with Crippen LogP contribution >= 0.6 is 0 Å². The summed E-state index contributed by atoms with van der Waals surface area (Å²) in [7, 11) is 0. The Hall–Kier alpha value is -2.66. The quantitative estimate of drug-likeness (QED) is 0.713. The van der Waals surface area contributed by atoms with Gasteiger partial charge >= 0.3 is 0 Å². The van der Waals surface area contributed by atoms with Gasteiger partial charge in [-0.15, -0.1) is 0 Å². The lowest BCUT2D eigenvalue weighted by Crippen LogP contribution is -2.93. The third kappa shape index (κ3) is 4.78.